The number of para-hydroxylation sites is 2. The summed E-state index contributed by atoms with van der Waals surface area (Å²) in [6, 6.07) is 39.7. The largest absolute Gasteiger partial charge is 0.456 e. The molecule has 3 aliphatic rings. The molecule has 3 aliphatic carbocycles. The fourth-order valence-electron chi connectivity index (χ4n) is 8.39. The van der Waals surface area contributed by atoms with Crippen LogP contribution in [0.15, 0.2) is 144 Å². The number of furan rings is 1. The van der Waals surface area contributed by atoms with Crippen molar-refractivity contribution in [2.45, 2.75) is 38.0 Å². The quantitative estimate of drug-likeness (QED) is 0.201. The van der Waals surface area contributed by atoms with Crippen LogP contribution in [0.1, 0.15) is 54.9 Å². The average molecular weight is 582 g/mol. The standard InChI is InChI=1S/C43H35NO/c1-3-43(4-2)39-16-10-8-14-34(39)38-25-29-19-18-28-24-31(20-22-33(28)37(29)27-40(38)43)44(30-12-6-5-7-13-30)32-21-23-36-35-15-9-11-17-41(35)45-42(36)26-32/h5-28,33H,3-4H2,1-2H3. The smallest absolute Gasteiger partial charge is 0.137 e. The highest BCUT2D eigenvalue weighted by molar-refractivity contribution is 6.06. The Balaban J connectivity index is 1.14. The van der Waals surface area contributed by atoms with Crippen LogP contribution in [0.25, 0.3) is 39.1 Å². The summed E-state index contributed by atoms with van der Waals surface area (Å²) >= 11 is 0. The van der Waals surface area contributed by atoms with Crippen LogP contribution in [0.4, 0.5) is 11.4 Å². The Hall–Kier alpha value is -5.08. The third-order valence-electron chi connectivity index (χ3n) is 10.7. The fraction of sp³-hybridized carbons (Fsp3) is 0.163. The van der Waals surface area contributed by atoms with Gasteiger partial charge in [-0.25, -0.2) is 0 Å². The SMILES string of the molecule is CCC1(CC)c2ccccc2-c2cc3c(cc21)C1C=CC(N(c2ccccc2)c2ccc4c(c2)oc2ccccc24)=CC1C=C3. The van der Waals surface area contributed by atoms with E-state index in [2.05, 4.69) is 146 Å². The summed E-state index contributed by atoms with van der Waals surface area (Å²) in [5.74, 6) is 0.586. The summed E-state index contributed by atoms with van der Waals surface area (Å²) in [4.78, 5) is 2.36. The molecule has 5 aromatic carbocycles. The fourth-order valence-corrected chi connectivity index (χ4v) is 8.39. The zero-order valence-corrected chi connectivity index (χ0v) is 25.7. The lowest BCUT2D eigenvalue weighted by Gasteiger charge is -2.35. The summed E-state index contributed by atoms with van der Waals surface area (Å²) in [5, 5.41) is 2.30. The molecule has 0 aliphatic heterocycles. The number of anilines is 2. The van der Waals surface area contributed by atoms with Gasteiger partial charge in [0.05, 0.1) is 0 Å². The van der Waals surface area contributed by atoms with Gasteiger partial charge in [-0.2, -0.15) is 0 Å². The molecule has 1 aromatic heterocycles. The molecule has 0 N–H and O–H groups in total. The van der Waals surface area contributed by atoms with E-state index in [0.717, 1.165) is 46.2 Å². The molecule has 0 saturated heterocycles. The van der Waals surface area contributed by atoms with Gasteiger partial charge in [-0.05, 0) is 88.7 Å². The first-order chi connectivity index (χ1) is 22.2. The molecule has 6 aromatic rings. The topological polar surface area (TPSA) is 16.4 Å². The van der Waals surface area contributed by atoms with E-state index >= 15 is 0 Å². The van der Waals surface area contributed by atoms with Crippen molar-refractivity contribution >= 4 is 39.4 Å². The van der Waals surface area contributed by atoms with E-state index in [4.69, 9.17) is 4.42 Å². The van der Waals surface area contributed by atoms with Gasteiger partial charge in [0.2, 0.25) is 0 Å². The maximum Gasteiger partial charge on any atom is 0.137 e. The Morgan fingerprint density at radius 3 is 2.29 bits per heavy atom. The zero-order valence-electron chi connectivity index (χ0n) is 25.7. The minimum absolute atomic E-state index is 0.0798. The first-order valence-corrected chi connectivity index (χ1v) is 16.3. The van der Waals surface area contributed by atoms with Crippen molar-refractivity contribution < 1.29 is 4.42 Å². The van der Waals surface area contributed by atoms with E-state index in [9.17, 15) is 0 Å². The van der Waals surface area contributed by atoms with Crippen LogP contribution in [-0.4, -0.2) is 0 Å². The minimum atomic E-state index is 0.0798. The van der Waals surface area contributed by atoms with Crippen molar-refractivity contribution in [2.24, 2.45) is 5.92 Å². The molecule has 2 heteroatoms. The van der Waals surface area contributed by atoms with Gasteiger partial charge in [0.15, 0.2) is 0 Å². The molecule has 0 fully saturated rings. The molecule has 9 rings (SSSR count). The van der Waals surface area contributed by atoms with E-state index in [1.807, 2.05) is 12.1 Å². The molecule has 2 nitrogen and oxygen atoms in total. The van der Waals surface area contributed by atoms with E-state index in [-0.39, 0.29) is 11.3 Å². The number of fused-ring (bicyclic) bond motifs is 9. The first-order valence-electron chi connectivity index (χ1n) is 16.3. The second kappa shape index (κ2) is 9.97. The van der Waals surface area contributed by atoms with E-state index in [1.165, 1.54) is 39.1 Å². The number of nitrogens with zero attached hydrogens (tertiary/aromatic N) is 1. The van der Waals surface area contributed by atoms with E-state index in [1.54, 1.807) is 0 Å². The lowest BCUT2D eigenvalue weighted by atomic mass is 9.70. The Kier molecular flexibility index (Phi) is 5.83. The lowest BCUT2D eigenvalue weighted by molar-refractivity contribution is 0.489. The van der Waals surface area contributed by atoms with Crippen molar-refractivity contribution in [3.63, 3.8) is 0 Å². The number of benzene rings is 5. The molecule has 0 radical (unpaired) electrons. The summed E-state index contributed by atoms with van der Waals surface area (Å²) in [6.45, 7) is 4.71. The Morgan fingerprint density at radius 1 is 0.644 bits per heavy atom. The number of allylic oxidation sites excluding steroid dienone is 4. The average Bonchev–Trinajstić information content (AvgIpc) is 3.60. The minimum Gasteiger partial charge on any atom is -0.456 e. The van der Waals surface area contributed by atoms with Gasteiger partial charge in [-0.1, -0.05) is 105 Å². The maximum atomic E-state index is 6.31. The van der Waals surface area contributed by atoms with Crippen LogP contribution in [-0.2, 0) is 5.41 Å². The van der Waals surface area contributed by atoms with Gasteiger partial charge in [0.25, 0.3) is 0 Å². The molecular weight excluding hydrogens is 546 g/mol. The summed E-state index contributed by atoms with van der Waals surface area (Å²) in [5.41, 5.74) is 13.9. The highest BCUT2D eigenvalue weighted by atomic mass is 16.3. The third-order valence-corrected chi connectivity index (χ3v) is 10.7. The molecule has 0 bridgehead atoms. The highest BCUT2D eigenvalue weighted by Crippen LogP contribution is 2.55. The molecule has 0 saturated carbocycles. The van der Waals surface area contributed by atoms with Crippen LogP contribution in [0, 0.1) is 5.92 Å². The van der Waals surface area contributed by atoms with Crippen LogP contribution < -0.4 is 4.90 Å². The van der Waals surface area contributed by atoms with Crippen molar-refractivity contribution in [1.29, 1.82) is 0 Å². The second-order valence-corrected chi connectivity index (χ2v) is 12.7. The maximum absolute atomic E-state index is 6.31. The van der Waals surface area contributed by atoms with Crippen molar-refractivity contribution in [2.75, 3.05) is 4.90 Å². The number of rotatable bonds is 5. The molecular formula is C43H35NO. The predicted molar refractivity (Wildman–Crippen MR) is 188 cm³/mol. The van der Waals surface area contributed by atoms with Gasteiger partial charge in [-0.15, -0.1) is 0 Å². The molecule has 0 spiro atoms. The van der Waals surface area contributed by atoms with Gasteiger partial charge < -0.3 is 9.32 Å². The van der Waals surface area contributed by atoms with Crippen molar-refractivity contribution in [1.82, 2.24) is 0 Å². The van der Waals surface area contributed by atoms with E-state index < -0.39 is 0 Å². The zero-order chi connectivity index (χ0) is 30.1. The van der Waals surface area contributed by atoms with Crippen LogP contribution in [0.5, 0.6) is 0 Å². The highest BCUT2D eigenvalue weighted by Gasteiger charge is 2.41. The molecule has 2 unspecified atom stereocenters. The van der Waals surface area contributed by atoms with Crippen molar-refractivity contribution in [3.8, 4) is 11.1 Å². The predicted octanol–water partition coefficient (Wildman–Crippen LogP) is 11.7. The van der Waals surface area contributed by atoms with Crippen LogP contribution in [0.3, 0.4) is 0 Å². The monoisotopic (exact) mass is 581 g/mol. The molecule has 2 atom stereocenters. The normalized spacial score (nSPS) is 18.8. The Labute approximate surface area is 264 Å². The third kappa shape index (κ3) is 3.82. The molecule has 0 amide bonds. The van der Waals surface area contributed by atoms with E-state index in [0.29, 0.717) is 5.92 Å². The van der Waals surface area contributed by atoms with Gasteiger partial charge in [-0.3, -0.25) is 0 Å². The number of hydrogen-bond donors (Lipinski definition) is 0. The summed E-state index contributed by atoms with van der Waals surface area (Å²) < 4.78 is 6.31. The molecule has 45 heavy (non-hydrogen) atoms. The van der Waals surface area contributed by atoms with Crippen LogP contribution in [0.2, 0.25) is 0 Å². The summed E-state index contributed by atoms with van der Waals surface area (Å²) in [7, 11) is 0. The first kappa shape index (κ1) is 26.3. The van der Waals surface area contributed by atoms with Gasteiger partial charge >= 0.3 is 0 Å². The lowest BCUT2D eigenvalue weighted by Crippen LogP contribution is -2.25. The summed E-state index contributed by atoms with van der Waals surface area (Å²) in [6.07, 6.45) is 14.2. The van der Waals surface area contributed by atoms with Crippen LogP contribution >= 0.6 is 0 Å². The Bertz CT molecular complexity index is 2210. The second-order valence-electron chi connectivity index (χ2n) is 12.7. The Morgan fingerprint density at radius 2 is 1.42 bits per heavy atom. The van der Waals surface area contributed by atoms with Crippen molar-refractivity contribution in [3.05, 3.63) is 161 Å². The molecule has 218 valence electrons. The van der Waals surface area contributed by atoms with Gasteiger partial charge in [0.1, 0.15) is 11.2 Å². The number of hydrogen-bond acceptors (Lipinski definition) is 2. The molecule has 1 heterocycles. The van der Waals surface area contributed by atoms with Gasteiger partial charge in [0, 0.05) is 51.2 Å².